The number of rotatable bonds is 6. The highest BCUT2D eigenvalue weighted by Gasteiger charge is 2.15. The van der Waals surface area contributed by atoms with E-state index in [0.29, 0.717) is 29.9 Å². The highest BCUT2D eigenvalue weighted by molar-refractivity contribution is 5.99. The lowest BCUT2D eigenvalue weighted by Crippen LogP contribution is -2.34. The van der Waals surface area contributed by atoms with E-state index in [9.17, 15) is 9.59 Å². The van der Waals surface area contributed by atoms with Crippen LogP contribution in [0.5, 0.6) is 0 Å². The van der Waals surface area contributed by atoms with Gasteiger partial charge in [-0.05, 0) is 25.1 Å². The summed E-state index contributed by atoms with van der Waals surface area (Å²) in [7, 11) is 0. The summed E-state index contributed by atoms with van der Waals surface area (Å²) in [6, 6.07) is 11.2. The van der Waals surface area contributed by atoms with Crippen LogP contribution < -0.4 is 10.6 Å². The molecule has 7 heteroatoms. The van der Waals surface area contributed by atoms with Crippen LogP contribution in [0.15, 0.2) is 55.0 Å². The third-order valence-electron chi connectivity index (χ3n) is 3.81. The Bertz CT molecular complexity index is 905. The molecule has 3 aromatic rings. The van der Waals surface area contributed by atoms with E-state index in [-0.39, 0.29) is 11.8 Å². The summed E-state index contributed by atoms with van der Waals surface area (Å²) in [5.74, 6) is -0.470. The van der Waals surface area contributed by atoms with Gasteiger partial charge >= 0.3 is 0 Å². The summed E-state index contributed by atoms with van der Waals surface area (Å²) >= 11 is 0. The number of hydrogen-bond acceptors (Lipinski definition) is 4. The van der Waals surface area contributed by atoms with Gasteiger partial charge in [-0.1, -0.05) is 23.8 Å². The molecule has 0 radical (unpaired) electrons. The Balaban J connectivity index is 1.55. The molecule has 26 heavy (non-hydrogen) atoms. The van der Waals surface area contributed by atoms with Gasteiger partial charge in [0.05, 0.1) is 23.0 Å². The van der Waals surface area contributed by atoms with Gasteiger partial charge in [0.15, 0.2) is 0 Å². The molecule has 0 spiro atoms. The summed E-state index contributed by atoms with van der Waals surface area (Å²) in [5.41, 5.74) is 3.62. The number of nitrogens with zero attached hydrogens (tertiary/aromatic N) is 2. The molecule has 0 aliphatic heterocycles. The fourth-order valence-corrected chi connectivity index (χ4v) is 2.53. The minimum atomic E-state index is -0.245. The number of carbonyl (C=O) groups excluding carboxylic acids is 2. The molecule has 2 amide bonds. The van der Waals surface area contributed by atoms with E-state index < -0.39 is 0 Å². The average Bonchev–Trinajstić information content (AvgIpc) is 3.15. The maximum absolute atomic E-state index is 12.4. The molecule has 2 heterocycles. The van der Waals surface area contributed by atoms with Crippen molar-refractivity contribution in [1.29, 1.82) is 0 Å². The lowest BCUT2D eigenvalue weighted by molar-refractivity contribution is 0.0928. The molecule has 0 saturated heterocycles. The number of pyridine rings is 1. The lowest BCUT2D eigenvalue weighted by Gasteiger charge is -2.08. The van der Waals surface area contributed by atoms with Gasteiger partial charge in [-0.3, -0.25) is 19.7 Å². The van der Waals surface area contributed by atoms with E-state index in [2.05, 4.69) is 25.8 Å². The average molecular weight is 349 g/mol. The summed E-state index contributed by atoms with van der Waals surface area (Å²) < 4.78 is 0. The topological polar surface area (TPSA) is 99.8 Å². The second-order valence-corrected chi connectivity index (χ2v) is 5.78. The number of amides is 2. The molecule has 132 valence electrons. The Kier molecular flexibility index (Phi) is 5.38. The Morgan fingerprint density at radius 1 is 1.04 bits per heavy atom. The predicted molar refractivity (Wildman–Crippen MR) is 97.7 cm³/mol. The zero-order valence-electron chi connectivity index (χ0n) is 14.3. The molecule has 0 aliphatic rings. The van der Waals surface area contributed by atoms with Gasteiger partial charge in [-0.25, -0.2) is 0 Å². The van der Waals surface area contributed by atoms with Gasteiger partial charge < -0.3 is 10.6 Å². The monoisotopic (exact) mass is 349 g/mol. The van der Waals surface area contributed by atoms with Crippen LogP contribution in [0.25, 0.3) is 11.3 Å². The van der Waals surface area contributed by atoms with Gasteiger partial charge in [0.2, 0.25) is 0 Å². The van der Waals surface area contributed by atoms with Crippen molar-refractivity contribution >= 4 is 11.8 Å². The summed E-state index contributed by atoms with van der Waals surface area (Å²) in [5, 5.41) is 12.4. The van der Waals surface area contributed by atoms with E-state index >= 15 is 0 Å². The van der Waals surface area contributed by atoms with E-state index in [0.717, 1.165) is 11.1 Å². The van der Waals surface area contributed by atoms with Crippen LogP contribution in [0.4, 0.5) is 0 Å². The summed E-state index contributed by atoms with van der Waals surface area (Å²) in [4.78, 5) is 28.2. The van der Waals surface area contributed by atoms with Crippen LogP contribution in [-0.4, -0.2) is 40.1 Å². The molecular formula is C19H19N5O2. The highest BCUT2D eigenvalue weighted by atomic mass is 16.2. The maximum Gasteiger partial charge on any atom is 0.255 e. The van der Waals surface area contributed by atoms with E-state index in [1.807, 2.05) is 31.2 Å². The number of aryl methyl sites for hydroxylation is 1. The molecule has 3 N–H and O–H groups in total. The number of benzene rings is 1. The fourth-order valence-electron chi connectivity index (χ4n) is 2.53. The largest absolute Gasteiger partial charge is 0.350 e. The summed E-state index contributed by atoms with van der Waals surface area (Å²) in [6.45, 7) is 2.62. The molecule has 0 saturated carbocycles. The number of aromatic amines is 1. The SMILES string of the molecule is Cc1cccc(-c2[nH]ncc2C(=O)NCCNC(=O)c2cccnc2)c1. The highest BCUT2D eigenvalue weighted by Crippen LogP contribution is 2.21. The first-order chi connectivity index (χ1) is 12.6. The Morgan fingerprint density at radius 3 is 2.58 bits per heavy atom. The second kappa shape index (κ2) is 8.06. The zero-order valence-corrected chi connectivity index (χ0v) is 14.3. The Labute approximate surface area is 150 Å². The van der Waals surface area contributed by atoms with Crippen LogP contribution >= 0.6 is 0 Å². The zero-order chi connectivity index (χ0) is 18.4. The van der Waals surface area contributed by atoms with Gasteiger partial charge in [0.25, 0.3) is 11.8 Å². The minimum Gasteiger partial charge on any atom is -0.350 e. The van der Waals surface area contributed by atoms with E-state index in [4.69, 9.17) is 0 Å². The fraction of sp³-hybridized carbons (Fsp3) is 0.158. The minimum absolute atomic E-state index is 0.226. The van der Waals surface area contributed by atoms with Crippen molar-refractivity contribution in [2.24, 2.45) is 0 Å². The number of aromatic nitrogens is 3. The quantitative estimate of drug-likeness (QED) is 0.592. The van der Waals surface area contributed by atoms with Crippen molar-refractivity contribution in [1.82, 2.24) is 25.8 Å². The van der Waals surface area contributed by atoms with Crippen LogP contribution in [0.3, 0.4) is 0 Å². The molecule has 1 aromatic carbocycles. The first-order valence-electron chi connectivity index (χ1n) is 8.22. The molecule has 0 fully saturated rings. The maximum atomic E-state index is 12.4. The van der Waals surface area contributed by atoms with Crippen molar-refractivity contribution in [2.45, 2.75) is 6.92 Å². The van der Waals surface area contributed by atoms with Crippen molar-refractivity contribution < 1.29 is 9.59 Å². The van der Waals surface area contributed by atoms with Crippen LogP contribution in [0, 0.1) is 6.92 Å². The standard InChI is InChI=1S/C19H19N5O2/c1-13-4-2-5-14(10-13)17-16(12-23-24-17)19(26)22-9-8-21-18(25)15-6-3-7-20-11-15/h2-7,10-12H,8-9H2,1H3,(H,21,25)(H,22,26)(H,23,24). The van der Waals surface area contributed by atoms with Crippen LogP contribution in [0.1, 0.15) is 26.3 Å². The van der Waals surface area contributed by atoms with Gasteiger partial charge in [0.1, 0.15) is 0 Å². The third-order valence-corrected chi connectivity index (χ3v) is 3.81. The molecule has 0 bridgehead atoms. The number of hydrogen-bond donors (Lipinski definition) is 3. The normalized spacial score (nSPS) is 10.3. The van der Waals surface area contributed by atoms with Gasteiger partial charge in [-0.2, -0.15) is 5.10 Å². The Hall–Kier alpha value is -3.48. The number of nitrogens with one attached hydrogen (secondary N) is 3. The van der Waals surface area contributed by atoms with E-state index in [1.165, 1.54) is 12.4 Å². The van der Waals surface area contributed by atoms with Crippen LogP contribution in [0.2, 0.25) is 0 Å². The molecule has 3 rings (SSSR count). The van der Waals surface area contributed by atoms with Crippen molar-refractivity contribution in [2.75, 3.05) is 13.1 Å². The molecule has 0 aliphatic carbocycles. The summed E-state index contributed by atoms with van der Waals surface area (Å²) in [6.07, 6.45) is 4.60. The van der Waals surface area contributed by atoms with Crippen LogP contribution in [-0.2, 0) is 0 Å². The number of carbonyl (C=O) groups is 2. The molecular weight excluding hydrogens is 330 g/mol. The number of H-pyrrole nitrogens is 1. The second-order valence-electron chi connectivity index (χ2n) is 5.78. The van der Waals surface area contributed by atoms with Crippen molar-refractivity contribution in [3.8, 4) is 11.3 Å². The first-order valence-corrected chi connectivity index (χ1v) is 8.22. The lowest BCUT2D eigenvalue weighted by atomic mass is 10.1. The van der Waals surface area contributed by atoms with Crippen molar-refractivity contribution in [3.63, 3.8) is 0 Å². The van der Waals surface area contributed by atoms with Gasteiger partial charge in [0, 0.05) is 31.0 Å². The smallest absolute Gasteiger partial charge is 0.255 e. The first kappa shape index (κ1) is 17.3. The molecule has 7 nitrogen and oxygen atoms in total. The molecule has 0 unspecified atom stereocenters. The van der Waals surface area contributed by atoms with Gasteiger partial charge in [-0.15, -0.1) is 0 Å². The predicted octanol–water partition coefficient (Wildman–Crippen LogP) is 1.94. The molecule has 2 aromatic heterocycles. The third kappa shape index (κ3) is 4.13. The van der Waals surface area contributed by atoms with E-state index in [1.54, 1.807) is 18.3 Å². The molecule has 0 atom stereocenters. The Morgan fingerprint density at radius 2 is 1.85 bits per heavy atom. The van der Waals surface area contributed by atoms with Crippen molar-refractivity contribution in [3.05, 3.63) is 71.7 Å².